The molecule has 1 N–H and O–H groups in total. The average Bonchev–Trinajstić information content (AvgIpc) is 2.70. The lowest BCUT2D eigenvalue weighted by molar-refractivity contribution is -0.142. The minimum absolute atomic E-state index is 0.0111. The molecular weight excluding hydrogens is 446 g/mol. The van der Waals surface area contributed by atoms with Gasteiger partial charge in [0.15, 0.2) is 0 Å². The van der Waals surface area contributed by atoms with Crippen molar-refractivity contribution in [3.05, 3.63) is 23.8 Å². The van der Waals surface area contributed by atoms with Crippen molar-refractivity contribution in [3.8, 4) is 5.75 Å². The van der Waals surface area contributed by atoms with Crippen molar-refractivity contribution < 1.29 is 27.5 Å². The van der Waals surface area contributed by atoms with Crippen LogP contribution >= 0.6 is 0 Å². The van der Waals surface area contributed by atoms with Crippen LogP contribution in [0, 0.1) is 11.8 Å². The summed E-state index contributed by atoms with van der Waals surface area (Å²) in [5.41, 5.74) is 0.626. The lowest BCUT2D eigenvalue weighted by Gasteiger charge is -2.39. The van der Waals surface area contributed by atoms with Gasteiger partial charge in [0.05, 0.1) is 29.7 Å². The van der Waals surface area contributed by atoms with Gasteiger partial charge in [0.25, 0.3) is 5.91 Å². The zero-order chi connectivity index (χ0) is 24.3. The topological polar surface area (TPSA) is 105 Å². The fourth-order valence-corrected chi connectivity index (χ4v) is 4.80. The Labute approximate surface area is 196 Å². The molecule has 0 aromatic heterocycles. The third-order valence-corrected chi connectivity index (χ3v) is 7.09. The second-order valence-electron chi connectivity index (χ2n) is 9.30. The number of benzene rings is 1. The summed E-state index contributed by atoms with van der Waals surface area (Å²) in [5, 5.41) is 0. The number of hydrogen-bond donors (Lipinski definition) is 1. The van der Waals surface area contributed by atoms with Crippen molar-refractivity contribution in [2.45, 2.75) is 45.3 Å². The molecule has 2 aliphatic rings. The van der Waals surface area contributed by atoms with Gasteiger partial charge >= 0.3 is 0 Å². The van der Waals surface area contributed by atoms with Gasteiger partial charge in [0.2, 0.25) is 15.9 Å². The van der Waals surface area contributed by atoms with E-state index in [0.717, 1.165) is 25.5 Å². The molecule has 1 aromatic rings. The van der Waals surface area contributed by atoms with E-state index in [0.29, 0.717) is 24.3 Å². The first-order valence-corrected chi connectivity index (χ1v) is 13.2. The van der Waals surface area contributed by atoms with Crippen LogP contribution in [0.3, 0.4) is 0 Å². The minimum atomic E-state index is -3.49. The summed E-state index contributed by atoms with van der Waals surface area (Å²) in [5.74, 6) is 0.215. The van der Waals surface area contributed by atoms with Gasteiger partial charge in [0.1, 0.15) is 12.4 Å². The number of amides is 2. The summed E-state index contributed by atoms with van der Waals surface area (Å²) in [6, 6.07) is 4.37. The van der Waals surface area contributed by atoms with E-state index in [1.54, 1.807) is 25.1 Å². The van der Waals surface area contributed by atoms with E-state index in [1.165, 1.54) is 12.1 Å². The highest BCUT2D eigenvalue weighted by molar-refractivity contribution is 7.92. The number of ether oxygens (including phenoxy) is 2. The van der Waals surface area contributed by atoms with E-state index in [9.17, 15) is 18.0 Å². The molecule has 1 aromatic carbocycles. The number of fused-ring (bicyclic) bond motifs is 1. The highest BCUT2D eigenvalue weighted by atomic mass is 32.2. The Hall–Kier alpha value is -2.33. The molecule has 0 bridgehead atoms. The number of carbonyl (C=O) groups is 2. The van der Waals surface area contributed by atoms with Crippen LogP contribution in [-0.2, 0) is 19.6 Å². The molecule has 1 heterocycles. The molecule has 2 amide bonds. The molecule has 1 aliphatic heterocycles. The van der Waals surface area contributed by atoms with Crippen molar-refractivity contribution in [1.82, 2.24) is 9.80 Å². The van der Waals surface area contributed by atoms with Crippen LogP contribution in [0.25, 0.3) is 0 Å². The molecule has 0 saturated heterocycles. The third-order valence-electron chi connectivity index (χ3n) is 6.49. The number of hydrogen-bond acceptors (Lipinski definition) is 6. The first kappa shape index (κ1) is 25.3. The van der Waals surface area contributed by atoms with Crippen molar-refractivity contribution >= 4 is 27.5 Å². The quantitative estimate of drug-likeness (QED) is 0.707. The highest BCUT2D eigenvalue weighted by Crippen LogP contribution is 2.31. The zero-order valence-electron chi connectivity index (χ0n) is 20.0. The van der Waals surface area contributed by atoms with E-state index < -0.39 is 10.0 Å². The Morgan fingerprint density at radius 1 is 1.21 bits per heavy atom. The van der Waals surface area contributed by atoms with Crippen LogP contribution in [0.4, 0.5) is 5.69 Å². The lowest BCUT2D eigenvalue weighted by atomic mass is 9.83. The van der Waals surface area contributed by atoms with E-state index in [-0.39, 0.29) is 48.2 Å². The fraction of sp³-hybridized carbons (Fsp3) is 0.652. The largest absolute Gasteiger partial charge is 0.491 e. The van der Waals surface area contributed by atoms with Gasteiger partial charge in [-0.15, -0.1) is 0 Å². The molecule has 0 spiro atoms. The Morgan fingerprint density at radius 2 is 1.91 bits per heavy atom. The summed E-state index contributed by atoms with van der Waals surface area (Å²) in [6.45, 7) is 4.99. The van der Waals surface area contributed by atoms with Gasteiger partial charge in [-0.2, -0.15) is 0 Å². The van der Waals surface area contributed by atoms with E-state index >= 15 is 0 Å². The van der Waals surface area contributed by atoms with Crippen molar-refractivity contribution in [3.63, 3.8) is 0 Å². The minimum Gasteiger partial charge on any atom is -0.491 e. The zero-order valence-corrected chi connectivity index (χ0v) is 20.9. The Kier molecular flexibility index (Phi) is 7.89. The maximum Gasteiger partial charge on any atom is 0.257 e. The molecule has 0 unspecified atom stereocenters. The van der Waals surface area contributed by atoms with Crippen LogP contribution < -0.4 is 9.46 Å². The molecule has 184 valence electrons. The third kappa shape index (κ3) is 6.17. The predicted octanol–water partition coefficient (Wildman–Crippen LogP) is 2.19. The second-order valence-corrected chi connectivity index (χ2v) is 11.0. The highest BCUT2D eigenvalue weighted by Gasteiger charge is 2.35. The molecule has 1 aliphatic carbocycles. The molecule has 1 fully saturated rings. The summed E-state index contributed by atoms with van der Waals surface area (Å²) in [4.78, 5) is 29.9. The second kappa shape index (κ2) is 10.3. The van der Waals surface area contributed by atoms with Gasteiger partial charge in [-0.1, -0.05) is 13.3 Å². The first-order valence-electron chi connectivity index (χ1n) is 11.3. The van der Waals surface area contributed by atoms with E-state index in [1.807, 2.05) is 18.7 Å². The lowest BCUT2D eigenvalue weighted by Crippen LogP contribution is -2.51. The summed E-state index contributed by atoms with van der Waals surface area (Å²) >= 11 is 0. The van der Waals surface area contributed by atoms with Crippen molar-refractivity contribution in [2.75, 3.05) is 44.8 Å². The van der Waals surface area contributed by atoms with Crippen molar-refractivity contribution in [2.24, 2.45) is 11.8 Å². The van der Waals surface area contributed by atoms with E-state index in [2.05, 4.69) is 4.72 Å². The van der Waals surface area contributed by atoms with Crippen LogP contribution in [0.5, 0.6) is 5.75 Å². The molecule has 10 heteroatoms. The number of nitrogens with one attached hydrogen (secondary N) is 1. The first-order chi connectivity index (χ1) is 15.5. The predicted molar refractivity (Wildman–Crippen MR) is 126 cm³/mol. The van der Waals surface area contributed by atoms with Crippen LogP contribution in [0.1, 0.15) is 43.5 Å². The number of anilines is 1. The summed E-state index contributed by atoms with van der Waals surface area (Å²) in [6.07, 6.45) is 3.70. The van der Waals surface area contributed by atoms with Gasteiger partial charge in [-0.3, -0.25) is 14.3 Å². The van der Waals surface area contributed by atoms with Crippen molar-refractivity contribution in [1.29, 1.82) is 0 Å². The molecule has 3 rings (SSSR count). The smallest absolute Gasteiger partial charge is 0.257 e. The number of sulfonamides is 1. The SMILES string of the molecule is CO[C@H]1CN(C)C(=O)c2ccc(NS(C)(=O)=O)cc2OC[C@H](C)N(C(=O)C2CCC2)C[C@H]1C. The van der Waals surface area contributed by atoms with Gasteiger partial charge in [0, 0.05) is 45.1 Å². The monoisotopic (exact) mass is 481 g/mol. The number of likely N-dealkylation sites (N-methyl/N-ethyl adjacent to an activating group) is 1. The average molecular weight is 482 g/mol. The molecule has 1 saturated carbocycles. The normalized spacial score (nSPS) is 25.2. The molecule has 33 heavy (non-hydrogen) atoms. The number of methoxy groups -OCH3 is 1. The van der Waals surface area contributed by atoms with Gasteiger partial charge in [-0.05, 0) is 31.9 Å². The Bertz CT molecular complexity index is 978. The molecular formula is C23H35N3O6S. The van der Waals surface area contributed by atoms with Gasteiger partial charge < -0.3 is 19.3 Å². The Morgan fingerprint density at radius 3 is 2.48 bits per heavy atom. The molecule has 3 atom stereocenters. The van der Waals surface area contributed by atoms with Gasteiger partial charge in [-0.25, -0.2) is 8.42 Å². The summed E-state index contributed by atoms with van der Waals surface area (Å²) in [7, 11) is -0.180. The Balaban J connectivity index is 1.97. The van der Waals surface area contributed by atoms with Crippen LogP contribution in [0.2, 0.25) is 0 Å². The maximum atomic E-state index is 13.2. The number of carbonyl (C=O) groups excluding carboxylic acids is 2. The number of rotatable bonds is 4. The maximum absolute atomic E-state index is 13.2. The summed E-state index contributed by atoms with van der Waals surface area (Å²) < 4.78 is 37.5. The fourth-order valence-electron chi connectivity index (χ4n) is 4.25. The molecule has 0 radical (unpaired) electrons. The standard InChI is InChI=1S/C23H35N3O6S/c1-15-12-26(22(27)17-7-6-8-17)16(2)14-32-20-11-18(24-33(5,29)30)9-10-19(20)23(28)25(3)13-21(15)31-4/h9-11,15-17,21,24H,6-8,12-14H2,1-5H3/t15-,16+,21+/m1/s1. The van der Waals surface area contributed by atoms with Crippen LogP contribution in [-0.4, -0.2) is 82.3 Å². The molecule has 9 nitrogen and oxygen atoms in total. The van der Waals surface area contributed by atoms with E-state index in [4.69, 9.17) is 9.47 Å². The number of nitrogens with zero attached hydrogens (tertiary/aromatic N) is 2. The van der Waals surface area contributed by atoms with Crippen LogP contribution in [0.15, 0.2) is 18.2 Å².